The molecule has 0 amide bonds. The van der Waals surface area contributed by atoms with Crippen LogP contribution in [0.25, 0.3) is 0 Å². The maximum absolute atomic E-state index is 12.3. The maximum Gasteiger partial charge on any atom is 0.241 e. The van der Waals surface area contributed by atoms with Gasteiger partial charge in [0.05, 0.1) is 11.4 Å². The minimum atomic E-state index is -3.64. The molecule has 0 spiro atoms. The summed E-state index contributed by atoms with van der Waals surface area (Å²) < 4.78 is 28.6. The van der Waals surface area contributed by atoms with E-state index in [0.717, 1.165) is 5.56 Å². The summed E-state index contributed by atoms with van der Waals surface area (Å²) in [6.45, 7) is 3.61. The third kappa shape index (κ3) is 2.97. The SMILES string of the molecule is Cc1cc(N)cc(S(=O)(=O)NCc2ncn(C)n2)c1C. The van der Waals surface area contributed by atoms with Crippen LogP contribution in [0.2, 0.25) is 0 Å². The van der Waals surface area contributed by atoms with Crippen molar-refractivity contribution in [3.63, 3.8) is 0 Å². The fourth-order valence-corrected chi connectivity index (χ4v) is 3.17. The van der Waals surface area contributed by atoms with Gasteiger partial charge in [-0.05, 0) is 37.1 Å². The summed E-state index contributed by atoms with van der Waals surface area (Å²) >= 11 is 0. The number of rotatable bonds is 4. The number of nitrogens with two attached hydrogens (primary N) is 1. The number of aryl methyl sites for hydroxylation is 2. The minimum absolute atomic E-state index is 0.0382. The van der Waals surface area contributed by atoms with Crippen molar-refractivity contribution in [3.8, 4) is 0 Å². The number of hydrogen-bond acceptors (Lipinski definition) is 5. The van der Waals surface area contributed by atoms with E-state index in [0.29, 0.717) is 17.1 Å². The fraction of sp³-hybridized carbons (Fsp3) is 0.333. The third-order valence-electron chi connectivity index (χ3n) is 3.00. The molecule has 0 aliphatic rings. The zero-order valence-corrected chi connectivity index (χ0v) is 12.4. The van der Waals surface area contributed by atoms with E-state index >= 15 is 0 Å². The topological polar surface area (TPSA) is 103 Å². The van der Waals surface area contributed by atoms with Gasteiger partial charge in [-0.1, -0.05) is 0 Å². The number of nitrogen functional groups attached to an aromatic ring is 1. The number of anilines is 1. The Morgan fingerprint density at radius 3 is 2.65 bits per heavy atom. The molecule has 0 aliphatic heterocycles. The molecular formula is C12H17N5O2S. The molecular weight excluding hydrogens is 278 g/mol. The van der Waals surface area contributed by atoms with E-state index in [-0.39, 0.29) is 11.4 Å². The average molecular weight is 295 g/mol. The van der Waals surface area contributed by atoms with E-state index < -0.39 is 10.0 Å². The number of hydrogen-bond donors (Lipinski definition) is 2. The number of nitrogens with zero attached hydrogens (tertiary/aromatic N) is 3. The molecule has 108 valence electrons. The first kappa shape index (κ1) is 14.5. The Morgan fingerprint density at radius 1 is 1.35 bits per heavy atom. The Bertz CT molecular complexity index is 736. The highest BCUT2D eigenvalue weighted by Gasteiger charge is 2.19. The molecule has 2 rings (SSSR count). The van der Waals surface area contributed by atoms with Gasteiger partial charge < -0.3 is 5.73 Å². The highest BCUT2D eigenvalue weighted by Crippen LogP contribution is 2.22. The lowest BCUT2D eigenvalue weighted by Crippen LogP contribution is -2.25. The second kappa shape index (κ2) is 5.22. The van der Waals surface area contributed by atoms with E-state index in [1.807, 2.05) is 6.92 Å². The summed E-state index contributed by atoms with van der Waals surface area (Å²) in [4.78, 5) is 4.16. The Kier molecular flexibility index (Phi) is 3.78. The lowest BCUT2D eigenvalue weighted by atomic mass is 10.1. The van der Waals surface area contributed by atoms with Crippen molar-refractivity contribution in [2.45, 2.75) is 25.3 Å². The summed E-state index contributed by atoms with van der Waals surface area (Å²) in [7, 11) is -1.93. The van der Waals surface area contributed by atoms with Crippen LogP contribution in [0.3, 0.4) is 0 Å². The normalized spacial score (nSPS) is 11.8. The molecule has 3 N–H and O–H groups in total. The minimum Gasteiger partial charge on any atom is -0.399 e. The first-order valence-electron chi connectivity index (χ1n) is 6.00. The van der Waals surface area contributed by atoms with E-state index in [9.17, 15) is 8.42 Å². The van der Waals surface area contributed by atoms with Gasteiger partial charge in [-0.2, -0.15) is 5.10 Å². The van der Waals surface area contributed by atoms with Crippen LogP contribution < -0.4 is 10.5 Å². The highest BCUT2D eigenvalue weighted by atomic mass is 32.2. The lowest BCUT2D eigenvalue weighted by Gasteiger charge is -2.11. The van der Waals surface area contributed by atoms with Crippen molar-refractivity contribution in [2.75, 3.05) is 5.73 Å². The number of nitrogens with one attached hydrogen (secondary N) is 1. The van der Waals surface area contributed by atoms with Crippen LogP contribution in [0.15, 0.2) is 23.4 Å². The fourth-order valence-electron chi connectivity index (χ4n) is 1.84. The predicted molar refractivity (Wildman–Crippen MR) is 75.4 cm³/mol. The molecule has 1 aromatic heterocycles. The predicted octanol–water partition coefficient (Wildman–Crippen LogP) is 0.493. The van der Waals surface area contributed by atoms with Gasteiger partial charge in [0.2, 0.25) is 10.0 Å². The van der Waals surface area contributed by atoms with Crippen LogP contribution in [-0.4, -0.2) is 23.2 Å². The van der Waals surface area contributed by atoms with Crippen LogP contribution in [0.5, 0.6) is 0 Å². The summed E-state index contributed by atoms with van der Waals surface area (Å²) in [5, 5.41) is 4.02. The van der Waals surface area contributed by atoms with Crippen molar-refractivity contribution in [1.82, 2.24) is 19.5 Å². The van der Waals surface area contributed by atoms with Crippen molar-refractivity contribution in [3.05, 3.63) is 35.4 Å². The molecule has 0 unspecified atom stereocenters. The molecule has 1 aromatic carbocycles. The number of benzene rings is 1. The van der Waals surface area contributed by atoms with Crippen molar-refractivity contribution in [1.29, 1.82) is 0 Å². The largest absolute Gasteiger partial charge is 0.399 e. The summed E-state index contributed by atoms with van der Waals surface area (Å²) in [6.07, 6.45) is 1.51. The molecule has 7 nitrogen and oxygen atoms in total. The molecule has 0 atom stereocenters. The summed E-state index contributed by atoms with van der Waals surface area (Å²) in [5.41, 5.74) is 7.65. The second-order valence-corrected chi connectivity index (χ2v) is 6.36. The zero-order valence-electron chi connectivity index (χ0n) is 11.6. The van der Waals surface area contributed by atoms with Gasteiger partial charge in [-0.25, -0.2) is 18.1 Å². The molecule has 0 radical (unpaired) electrons. The first-order chi connectivity index (χ1) is 9.29. The van der Waals surface area contributed by atoms with E-state index in [1.165, 1.54) is 17.1 Å². The lowest BCUT2D eigenvalue weighted by molar-refractivity contribution is 0.578. The van der Waals surface area contributed by atoms with Gasteiger partial charge >= 0.3 is 0 Å². The van der Waals surface area contributed by atoms with E-state index in [4.69, 9.17) is 5.73 Å². The van der Waals surface area contributed by atoms with Crippen molar-refractivity contribution >= 4 is 15.7 Å². The monoisotopic (exact) mass is 295 g/mol. The van der Waals surface area contributed by atoms with Crippen molar-refractivity contribution < 1.29 is 8.42 Å². The van der Waals surface area contributed by atoms with Gasteiger partial charge in [-0.15, -0.1) is 0 Å². The van der Waals surface area contributed by atoms with Gasteiger partial charge in [0.1, 0.15) is 6.33 Å². The molecule has 2 aromatic rings. The molecule has 20 heavy (non-hydrogen) atoms. The number of aromatic nitrogens is 3. The summed E-state index contributed by atoms with van der Waals surface area (Å²) in [5.74, 6) is 0.411. The highest BCUT2D eigenvalue weighted by molar-refractivity contribution is 7.89. The first-order valence-corrected chi connectivity index (χ1v) is 7.49. The summed E-state index contributed by atoms with van der Waals surface area (Å²) in [6, 6.07) is 3.20. The zero-order chi connectivity index (χ0) is 14.9. The van der Waals surface area contributed by atoms with Crippen molar-refractivity contribution in [2.24, 2.45) is 7.05 Å². The average Bonchev–Trinajstić information content (AvgIpc) is 2.77. The van der Waals surface area contributed by atoms with Gasteiger partial charge in [0.15, 0.2) is 5.82 Å². The van der Waals surface area contributed by atoms with Gasteiger partial charge in [0.25, 0.3) is 0 Å². The molecule has 0 saturated heterocycles. The molecule has 0 aliphatic carbocycles. The van der Waals surface area contributed by atoms with E-state index in [1.54, 1.807) is 20.0 Å². The Balaban J connectivity index is 2.27. The standard InChI is InChI=1S/C12H17N5O2S/c1-8-4-10(13)5-11(9(8)2)20(18,19)15-6-12-14-7-17(3)16-12/h4-5,7,15H,6,13H2,1-3H3. The number of sulfonamides is 1. The smallest absolute Gasteiger partial charge is 0.241 e. The Labute approximate surface area is 117 Å². The van der Waals surface area contributed by atoms with E-state index in [2.05, 4.69) is 14.8 Å². The second-order valence-electron chi connectivity index (χ2n) is 4.62. The van der Waals surface area contributed by atoms with Gasteiger partial charge in [0, 0.05) is 12.7 Å². The molecule has 0 fully saturated rings. The molecule has 1 heterocycles. The van der Waals surface area contributed by atoms with Crippen LogP contribution in [-0.2, 0) is 23.6 Å². The van der Waals surface area contributed by atoms with Crippen LogP contribution in [0.4, 0.5) is 5.69 Å². The van der Waals surface area contributed by atoms with Crippen LogP contribution >= 0.6 is 0 Å². The molecule has 0 saturated carbocycles. The van der Waals surface area contributed by atoms with Crippen LogP contribution in [0.1, 0.15) is 17.0 Å². The molecule has 0 bridgehead atoms. The van der Waals surface area contributed by atoms with Gasteiger partial charge in [-0.3, -0.25) is 4.68 Å². The molecule has 8 heteroatoms. The third-order valence-corrected chi connectivity index (χ3v) is 4.53. The Morgan fingerprint density at radius 2 is 2.05 bits per heavy atom. The quantitative estimate of drug-likeness (QED) is 0.799. The Hall–Kier alpha value is -1.93. The maximum atomic E-state index is 12.3. The van der Waals surface area contributed by atoms with Crippen LogP contribution in [0, 0.1) is 13.8 Å².